The van der Waals surface area contributed by atoms with Crippen LogP contribution in [0.4, 0.5) is 0 Å². The van der Waals surface area contributed by atoms with Gasteiger partial charge in [-0.3, -0.25) is 4.79 Å². The highest BCUT2D eigenvalue weighted by atomic mass is 79.9. The molecule has 1 N–H and O–H groups in total. The summed E-state index contributed by atoms with van der Waals surface area (Å²) >= 11 is 3.48. The Labute approximate surface area is 157 Å². The van der Waals surface area contributed by atoms with Crippen LogP contribution in [-0.4, -0.2) is 43.6 Å². The molecule has 138 valence electrons. The second-order valence-electron chi connectivity index (χ2n) is 7.06. The van der Waals surface area contributed by atoms with E-state index in [4.69, 9.17) is 18.8 Å². The summed E-state index contributed by atoms with van der Waals surface area (Å²) in [5.74, 6) is -0.532. The number of carbonyl (C=O) groups excluding carboxylic acids is 1. The Balaban J connectivity index is 2.45. The highest BCUT2D eigenvalue weighted by Crippen LogP contribution is 2.44. The number of carbonyl (C=O) groups is 1. The summed E-state index contributed by atoms with van der Waals surface area (Å²) in [7, 11) is 2.15. The van der Waals surface area contributed by atoms with Gasteiger partial charge in [-0.1, -0.05) is 15.9 Å². The minimum absolute atomic E-state index is 0.0212. The van der Waals surface area contributed by atoms with Crippen LogP contribution in [0.1, 0.15) is 45.5 Å². The number of halogens is 1. The lowest BCUT2D eigenvalue weighted by molar-refractivity contribution is -0.140. The summed E-state index contributed by atoms with van der Waals surface area (Å²) in [5, 5.41) is 10.2. The van der Waals surface area contributed by atoms with E-state index in [2.05, 4.69) is 15.9 Å². The molecule has 1 unspecified atom stereocenters. The summed E-state index contributed by atoms with van der Waals surface area (Å²) in [6, 6.07) is 3.21. The third-order valence-electron chi connectivity index (χ3n) is 4.91. The average molecular weight is 415 g/mol. The van der Waals surface area contributed by atoms with Crippen molar-refractivity contribution in [2.24, 2.45) is 0 Å². The first-order chi connectivity index (χ1) is 11.5. The van der Waals surface area contributed by atoms with E-state index in [1.807, 2.05) is 27.7 Å². The van der Waals surface area contributed by atoms with Gasteiger partial charge in [-0.25, -0.2) is 0 Å². The Morgan fingerprint density at radius 1 is 1.24 bits per heavy atom. The number of methoxy groups -OCH3 is 2. The summed E-state index contributed by atoms with van der Waals surface area (Å²) in [5.41, 5.74) is -0.387. The molecule has 1 saturated heterocycles. The molecule has 8 heteroatoms. The Bertz CT molecular complexity index is 645. The van der Waals surface area contributed by atoms with Gasteiger partial charge in [0.25, 0.3) is 0 Å². The van der Waals surface area contributed by atoms with E-state index in [-0.39, 0.29) is 18.1 Å². The van der Waals surface area contributed by atoms with Crippen LogP contribution in [0.15, 0.2) is 16.6 Å². The highest BCUT2D eigenvalue weighted by Gasteiger charge is 2.54. The number of aromatic hydroxyl groups is 1. The number of phenols is 1. The molecule has 1 aliphatic heterocycles. The molecular formula is C17H24BBrO6. The Kier molecular flexibility index (Phi) is 5.76. The van der Waals surface area contributed by atoms with Gasteiger partial charge in [0.1, 0.15) is 0 Å². The Morgan fingerprint density at radius 3 is 2.28 bits per heavy atom. The molecule has 0 bridgehead atoms. The fourth-order valence-corrected chi connectivity index (χ4v) is 3.29. The fraction of sp³-hybridized carbons (Fsp3) is 0.588. The van der Waals surface area contributed by atoms with Crippen LogP contribution in [0, 0.1) is 0 Å². The zero-order chi connectivity index (χ0) is 19.0. The van der Waals surface area contributed by atoms with Gasteiger partial charge in [-0.05, 0) is 45.4 Å². The summed E-state index contributed by atoms with van der Waals surface area (Å²) in [6.07, 6.45) is 0.0533. The number of ether oxygens (including phenoxy) is 2. The molecular weight excluding hydrogens is 391 g/mol. The topological polar surface area (TPSA) is 74.2 Å². The van der Waals surface area contributed by atoms with Crippen molar-refractivity contribution in [1.82, 2.24) is 0 Å². The monoisotopic (exact) mass is 414 g/mol. The number of esters is 1. The van der Waals surface area contributed by atoms with Crippen LogP contribution >= 0.6 is 15.9 Å². The second kappa shape index (κ2) is 7.17. The second-order valence-corrected chi connectivity index (χ2v) is 7.91. The first-order valence-electron chi connectivity index (χ1n) is 8.01. The molecule has 0 radical (unpaired) electrons. The lowest BCUT2D eigenvalue weighted by atomic mass is 9.66. The van der Waals surface area contributed by atoms with Crippen molar-refractivity contribution in [3.05, 3.63) is 22.2 Å². The lowest BCUT2D eigenvalue weighted by Crippen LogP contribution is -2.41. The Hall–Kier alpha value is -1.25. The molecule has 2 rings (SSSR count). The number of hydrogen-bond donors (Lipinski definition) is 1. The smallest absolute Gasteiger partial charge is 0.466 e. The number of hydrogen-bond acceptors (Lipinski definition) is 6. The molecule has 1 heterocycles. The van der Waals surface area contributed by atoms with E-state index >= 15 is 0 Å². The molecule has 0 saturated carbocycles. The zero-order valence-corrected chi connectivity index (χ0v) is 17.0. The minimum atomic E-state index is -0.659. The van der Waals surface area contributed by atoms with Crippen molar-refractivity contribution in [3.63, 3.8) is 0 Å². The molecule has 1 aliphatic rings. The zero-order valence-electron chi connectivity index (χ0n) is 15.4. The third kappa shape index (κ3) is 3.96. The molecule has 1 fully saturated rings. The van der Waals surface area contributed by atoms with Gasteiger partial charge < -0.3 is 23.9 Å². The van der Waals surface area contributed by atoms with Crippen molar-refractivity contribution in [2.75, 3.05) is 14.2 Å². The van der Waals surface area contributed by atoms with Crippen LogP contribution in [0.25, 0.3) is 0 Å². The molecule has 1 aromatic rings. The highest BCUT2D eigenvalue weighted by molar-refractivity contribution is 9.10. The predicted octanol–water partition coefficient (Wildman–Crippen LogP) is 3.44. The number of benzene rings is 1. The molecule has 6 nitrogen and oxygen atoms in total. The average Bonchev–Trinajstić information content (AvgIpc) is 2.74. The molecule has 1 aromatic carbocycles. The third-order valence-corrected chi connectivity index (χ3v) is 5.60. The quantitative estimate of drug-likeness (QED) is 0.587. The number of rotatable bonds is 5. The van der Waals surface area contributed by atoms with E-state index in [1.165, 1.54) is 14.2 Å². The van der Waals surface area contributed by atoms with Gasteiger partial charge in [-0.2, -0.15) is 0 Å². The van der Waals surface area contributed by atoms with Crippen molar-refractivity contribution >= 4 is 29.0 Å². The fourth-order valence-electron chi connectivity index (χ4n) is 2.68. The van der Waals surface area contributed by atoms with Crippen LogP contribution in [0.5, 0.6) is 11.5 Å². The molecule has 0 amide bonds. The van der Waals surface area contributed by atoms with Crippen LogP contribution in [0.3, 0.4) is 0 Å². The van der Waals surface area contributed by atoms with Gasteiger partial charge >= 0.3 is 13.1 Å². The first kappa shape index (κ1) is 20.1. The SMILES string of the molecule is COC(=O)CC(B1OC(C)(C)C(C)(C)O1)c1cc(O)c(OC)cc1Br. The largest absolute Gasteiger partial charge is 0.504 e. The van der Waals surface area contributed by atoms with Crippen molar-refractivity contribution in [1.29, 1.82) is 0 Å². The van der Waals surface area contributed by atoms with Gasteiger partial charge in [0, 0.05) is 10.3 Å². The summed E-state index contributed by atoms with van der Waals surface area (Å²) in [6.45, 7) is 7.79. The van der Waals surface area contributed by atoms with Crippen molar-refractivity contribution in [2.45, 2.75) is 51.1 Å². The molecule has 25 heavy (non-hydrogen) atoms. The molecule has 1 atom stereocenters. The molecule has 0 aromatic heterocycles. The standard InChI is InChI=1S/C17H24BBrO6/c1-16(2)17(3,4)25-18(24-16)11(8-15(21)23-6)10-7-13(20)14(22-5)9-12(10)19/h7,9,11,20H,8H2,1-6H3. The number of phenolic OH excluding ortho intramolecular Hbond substituents is 1. The maximum atomic E-state index is 12.0. The van der Waals surface area contributed by atoms with Gasteiger partial charge in [0.05, 0.1) is 31.8 Å². The van der Waals surface area contributed by atoms with E-state index in [9.17, 15) is 9.90 Å². The van der Waals surface area contributed by atoms with Gasteiger partial charge in [-0.15, -0.1) is 0 Å². The van der Waals surface area contributed by atoms with Gasteiger partial charge in [0.15, 0.2) is 11.5 Å². The Morgan fingerprint density at radius 2 is 1.80 bits per heavy atom. The summed E-state index contributed by atoms with van der Waals surface area (Å²) < 4.78 is 22.9. The summed E-state index contributed by atoms with van der Waals surface area (Å²) in [4.78, 5) is 12.0. The van der Waals surface area contributed by atoms with Gasteiger partial charge in [0.2, 0.25) is 0 Å². The van der Waals surface area contributed by atoms with E-state index in [0.717, 1.165) is 0 Å². The van der Waals surface area contributed by atoms with E-state index < -0.39 is 24.1 Å². The maximum absolute atomic E-state index is 12.0. The molecule has 0 aliphatic carbocycles. The van der Waals surface area contributed by atoms with Crippen LogP contribution < -0.4 is 4.74 Å². The first-order valence-corrected chi connectivity index (χ1v) is 8.80. The molecule has 0 spiro atoms. The van der Waals surface area contributed by atoms with Crippen LogP contribution in [-0.2, 0) is 18.8 Å². The van der Waals surface area contributed by atoms with Crippen LogP contribution in [0.2, 0.25) is 0 Å². The van der Waals surface area contributed by atoms with Crippen molar-refractivity contribution < 1.29 is 28.7 Å². The minimum Gasteiger partial charge on any atom is -0.504 e. The van der Waals surface area contributed by atoms with E-state index in [0.29, 0.717) is 15.8 Å². The predicted molar refractivity (Wildman–Crippen MR) is 97.8 cm³/mol. The van der Waals surface area contributed by atoms with E-state index in [1.54, 1.807) is 12.1 Å². The maximum Gasteiger partial charge on any atom is 0.466 e. The van der Waals surface area contributed by atoms with Crippen molar-refractivity contribution in [3.8, 4) is 11.5 Å². The lowest BCUT2D eigenvalue weighted by Gasteiger charge is -2.32. The normalized spacial score (nSPS) is 19.6.